The summed E-state index contributed by atoms with van der Waals surface area (Å²) in [5, 5.41) is 17.9. The van der Waals surface area contributed by atoms with Crippen molar-refractivity contribution in [1.29, 1.82) is 5.26 Å². The third-order valence-corrected chi connectivity index (χ3v) is 4.85. The summed E-state index contributed by atoms with van der Waals surface area (Å²) in [7, 11) is 3.48. The number of benzene rings is 2. The Morgan fingerprint density at radius 3 is 2.69 bits per heavy atom. The van der Waals surface area contributed by atoms with Gasteiger partial charge in [0.25, 0.3) is 0 Å². The third-order valence-electron chi connectivity index (χ3n) is 3.83. The number of thioether (sulfide) groups is 1. The van der Waals surface area contributed by atoms with Gasteiger partial charge in [-0.1, -0.05) is 36.0 Å². The molecular weight excluding hydrogens is 348 g/mol. The van der Waals surface area contributed by atoms with E-state index in [1.165, 1.54) is 11.8 Å². The summed E-state index contributed by atoms with van der Waals surface area (Å²) in [5.74, 6) is 1.68. The van der Waals surface area contributed by atoms with Crippen LogP contribution in [-0.2, 0) is 7.05 Å². The van der Waals surface area contributed by atoms with Gasteiger partial charge in [0.1, 0.15) is 5.75 Å². The highest BCUT2D eigenvalue weighted by Gasteiger charge is 2.14. The van der Waals surface area contributed by atoms with Gasteiger partial charge in [0.15, 0.2) is 16.8 Å². The summed E-state index contributed by atoms with van der Waals surface area (Å²) >= 11 is 1.33. The van der Waals surface area contributed by atoms with Crippen molar-refractivity contribution in [2.75, 3.05) is 12.9 Å². The van der Waals surface area contributed by atoms with Crippen LogP contribution in [0.5, 0.6) is 5.75 Å². The molecule has 3 aromatic rings. The molecule has 0 aliphatic rings. The quantitative estimate of drug-likeness (QED) is 0.493. The van der Waals surface area contributed by atoms with E-state index in [0.717, 1.165) is 11.3 Å². The highest BCUT2D eigenvalue weighted by Crippen LogP contribution is 2.25. The number of ketones is 1. The molecule has 0 atom stereocenters. The number of carbonyl (C=O) groups excluding carboxylic acids is 1. The smallest absolute Gasteiger partial charge is 0.191 e. The lowest BCUT2D eigenvalue weighted by atomic mass is 10.1. The zero-order valence-electron chi connectivity index (χ0n) is 14.3. The molecule has 3 rings (SSSR count). The highest BCUT2D eigenvalue weighted by molar-refractivity contribution is 7.99. The first-order chi connectivity index (χ1) is 12.6. The summed E-state index contributed by atoms with van der Waals surface area (Å²) in [6.45, 7) is 0. The highest BCUT2D eigenvalue weighted by atomic mass is 32.2. The van der Waals surface area contributed by atoms with Crippen LogP contribution in [0.4, 0.5) is 0 Å². The molecule has 0 spiro atoms. The predicted molar refractivity (Wildman–Crippen MR) is 99.2 cm³/mol. The van der Waals surface area contributed by atoms with E-state index in [4.69, 9.17) is 10.00 Å². The molecule has 0 N–H and O–H groups in total. The summed E-state index contributed by atoms with van der Waals surface area (Å²) in [6.07, 6.45) is 0. The van der Waals surface area contributed by atoms with Gasteiger partial charge in [-0.15, -0.1) is 10.2 Å². The Labute approximate surface area is 155 Å². The minimum Gasteiger partial charge on any atom is -0.497 e. The number of hydrogen-bond acceptors (Lipinski definition) is 6. The van der Waals surface area contributed by atoms with Crippen LogP contribution in [0, 0.1) is 11.3 Å². The Hall–Kier alpha value is -3.11. The van der Waals surface area contributed by atoms with Crippen LogP contribution in [0.1, 0.15) is 15.9 Å². The van der Waals surface area contributed by atoms with Crippen molar-refractivity contribution in [3.8, 4) is 23.2 Å². The molecule has 0 aliphatic carbocycles. The minimum absolute atomic E-state index is 0.0228. The van der Waals surface area contributed by atoms with E-state index < -0.39 is 0 Å². The Morgan fingerprint density at radius 2 is 2.00 bits per heavy atom. The molecule has 7 heteroatoms. The maximum absolute atomic E-state index is 12.3. The molecule has 0 fully saturated rings. The largest absolute Gasteiger partial charge is 0.497 e. The Morgan fingerprint density at radius 1 is 1.23 bits per heavy atom. The topological polar surface area (TPSA) is 80.8 Å². The van der Waals surface area contributed by atoms with Crippen LogP contribution in [0.15, 0.2) is 53.7 Å². The molecule has 2 aromatic carbocycles. The maximum atomic E-state index is 12.3. The first-order valence-corrected chi connectivity index (χ1v) is 8.81. The number of ether oxygens (including phenoxy) is 1. The Bertz CT molecular complexity index is 974. The van der Waals surface area contributed by atoms with Gasteiger partial charge in [-0.3, -0.25) is 4.79 Å². The standard InChI is InChI=1S/C19H16N4O2S/c1-23-18(15-4-3-5-16(10-15)25-2)21-22-19(23)26-12-17(24)14-8-6-13(11-20)7-9-14/h3-10H,12H2,1-2H3. The summed E-state index contributed by atoms with van der Waals surface area (Å²) in [6, 6.07) is 16.2. The van der Waals surface area contributed by atoms with E-state index in [0.29, 0.717) is 22.1 Å². The van der Waals surface area contributed by atoms with Crippen molar-refractivity contribution in [2.45, 2.75) is 5.16 Å². The first-order valence-electron chi connectivity index (χ1n) is 7.82. The average molecular weight is 364 g/mol. The fourth-order valence-electron chi connectivity index (χ4n) is 2.40. The molecular formula is C19H16N4O2S. The molecule has 0 aliphatic heterocycles. The molecule has 0 radical (unpaired) electrons. The van der Waals surface area contributed by atoms with Gasteiger partial charge in [0.2, 0.25) is 0 Å². The molecule has 0 bridgehead atoms. The normalized spacial score (nSPS) is 10.3. The first kappa shape index (κ1) is 17.7. The minimum atomic E-state index is -0.0228. The fraction of sp³-hybridized carbons (Fsp3) is 0.158. The maximum Gasteiger partial charge on any atom is 0.191 e. The van der Waals surface area contributed by atoms with Crippen LogP contribution in [0.3, 0.4) is 0 Å². The molecule has 0 unspecified atom stereocenters. The van der Waals surface area contributed by atoms with Crippen LogP contribution in [0.2, 0.25) is 0 Å². The number of nitrogens with zero attached hydrogens (tertiary/aromatic N) is 4. The van der Waals surface area contributed by atoms with E-state index in [9.17, 15) is 4.79 Å². The van der Waals surface area contributed by atoms with Crippen LogP contribution >= 0.6 is 11.8 Å². The third kappa shape index (κ3) is 3.76. The fourth-order valence-corrected chi connectivity index (χ4v) is 3.20. The molecule has 0 amide bonds. The molecule has 130 valence electrons. The van der Waals surface area contributed by atoms with Crippen molar-refractivity contribution in [1.82, 2.24) is 14.8 Å². The number of carbonyl (C=O) groups is 1. The van der Waals surface area contributed by atoms with Gasteiger partial charge in [0, 0.05) is 18.2 Å². The number of nitriles is 1. The lowest BCUT2D eigenvalue weighted by Crippen LogP contribution is -2.04. The monoisotopic (exact) mass is 364 g/mol. The summed E-state index contributed by atoms with van der Waals surface area (Å²) in [5.41, 5.74) is 2.00. The molecule has 26 heavy (non-hydrogen) atoms. The lowest BCUT2D eigenvalue weighted by Gasteiger charge is -2.05. The second-order valence-electron chi connectivity index (χ2n) is 5.50. The van der Waals surface area contributed by atoms with Crippen LogP contribution in [-0.4, -0.2) is 33.4 Å². The Kier molecular flexibility index (Phi) is 5.34. The number of aromatic nitrogens is 3. The van der Waals surface area contributed by atoms with Gasteiger partial charge < -0.3 is 9.30 Å². The van der Waals surface area contributed by atoms with Gasteiger partial charge in [-0.2, -0.15) is 5.26 Å². The van der Waals surface area contributed by atoms with Gasteiger partial charge in [0.05, 0.1) is 24.5 Å². The number of methoxy groups -OCH3 is 1. The van der Waals surface area contributed by atoms with Gasteiger partial charge in [-0.25, -0.2) is 0 Å². The summed E-state index contributed by atoms with van der Waals surface area (Å²) < 4.78 is 7.09. The lowest BCUT2D eigenvalue weighted by molar-refractivity contribution is 0.102. The molecule has 0 saturated heterocycles. The average Bonchev–Trinajstić information content (AvgIpc) is 3.06. The van der Waals surface area contributed by atoms with Crippen molar-refractivity contribution in [3.63, 3.8) is 0 Å². The Balaban J connectivity index is 1.72. The number of Topliss-reactive ketones (excluding diaryl/α,β-unsaturated/α-hetero) is 1. The van der Waals surface area contributed by atoms with Crippen LogP contribution < -0.4 is 4.74 Å². The van der Waals surface area contributed by atoms with Crippen molar-refractivity contribution in [2.24, 2.45) is 7.05 Å². The van der Waals surface area contributed by atoms with Crippen molar-refractivity contribution in [3.05, 3.63) is 59.7 Å². The van der Waals surface area contributed by atoms with E-state index in [1.54, 1.807) is 31.4 Å². The van der Waals surface area contributed by atoms with E-state index in [2.05, 4.69) is 10.2 Å². The van der Waals surface area contributed by atoms with Crippen molar-refractivity contribution < 1.29 is 9.53 Å². The van der Waals surface area contributed by atoms with Crippen molar-refractivity contribution >= 4 is 17.5 Å². The van der Waals surface area contributed by atoms with Gasteiger partial charge in [-0.05, 0) is 24.3 Å². The van der Waals surface area contributed by atoms with Gasteiger partial charge >= 0.3 is 0 Å². The molecule has 0 saturated carbocycles. The molecule has 6 nitrogen and oxygen atoms in total. The zero-order valence-corrected chi connectivity index (χ0v) is 15.2. The molecule has 1 aromatic heterocycles. The second-order valence-corrected chi connectivity index (χ2v) is 6.44. The van der Waals surface area contributed by atoms with E-state index in [1.807, 2.05) is 41.9 Å². The second kappa shape index (κ2) is 7.85. The van der Waals surface area contributed by atoms with E-state index >= 15 is 0 Å². The predicted octanol–water partition coefficient (Wildman–Crippen LogP) is 3.34. The SMILES string of the molecule is COc1cccc(-c2nnc(SCC(=O)c3ccc(C#N)cc3)n2C)c1. The van der Waals surface area contributed by atoms with Crippen LogP contribution in [0.25, 0.3) is 11.4 Å². The number of rotatable bonds is 6. The zero-order chi connectivity index (χ0) is 18.5. The van der Waals surface area contributed by atoms with E-state index in [-0.39, 0.29) is 11.5 Å². The number of hydrogen-bond donors (Lipinski definition) is 0. The molecule has 1 heterocycles. The summed E-state index contributed by atoms with van der Waals surface area (Å²) in [4.78, 5) is 12.3.